The molecule has 1 N–H and O–H groups in total. The van der Waals surface area contributed by atoms with Crippen molar-refractivity contribution in [3.63, 3.8) is 0 Å². The van der Waals surface area contributed by atoms with Crippen LogP contribution in [0.2, 0.25) is 0 Å². The molecule has 2 fully saturated rings. The molecule has 5 heteroatoms. The van der Waals surface area contributed by atoms with Gasteiger partial charge in [-0.05, 0) is 33.1 Å². The Balaban J connectivity index is 1.53. The Morgan fingerprint density at radius 2 is 2.18 bits per heavy atom. The number of hydrogen-bond donors (Lipinski definition) is 1. The second-order valence-electron chi connectivity index (χ2n) is 6.43. The summed E-state index contributed by atoms with van der Waals surface area (Å²) < 4.78 is 11.5. The van der Waals surface area contributed by atoms with Crippen LogP contribution in [0, 0.1) is 12.3 Å². The van der Waals surface area contributed by atoms with Crippen LogP contribution >= 0.6 is 0 Å². The summed E-state index contributed by atoms with van der Waals surface area (Å²) in [6.45, 7) is 7.56. The minimum Gasteiger partial charge on any atom is -0.381 e. The summed E-state index contributed by atoms with van der Waals surface area (Å²) in [5.74, 6) is 0. The summed E-state index contributed by atoms with van der Waals surface area (Å²) in [6, 6.07) is 0.547. The van der Waals surface area contributed by atoms with Gasteiger partial charge < -0.3 is 14.8 Å². The van der Waals surface area contributed by atoms with Gasteiger partial charge in [0, 0.05) is 56.6 Å². The standard InChI is InChI=1S/C17H27N3O2/c1-3-22-16-10-15(17(16)5-8-21-9-6-17)19-7-4-14-12-18-11-13(2)20-14/h11-12,15-16,19H,3-10H2,1-2H3. The van der Waals surface area contributed by atoms with Gasteiger partial charge in [-0.1, -0.05) is 0 Å². The van der Waals surface area contributed by atoms with E-state index in [-0.39, 0.29) is 5.41 Å². The minimum absolute atomic E-state index is 0.284. The Morgan fingerprint density at radius 3 is 2.91 bits per heavy atom. The van der Waals surface area contributed by atoms with Crippen molar-refractivity contribution in [2.45, 2.75) is 51.7 Å². The Kier molecular flexibility index (Phi) is 5.06. The van der Waals surface area contributed by atoms with Gasteiger partial charge in [0.2, 0.25) is 0 Å². The molecule has 122 valence electrons. The molecule has 1 aliphatic heterocycles. The van der Waals surface area contributed by atoms with Crippen LogP contribution < -0.4 is 5.32 Å². The van der Waals surface area contributed by atoms with Crippen LogP contribution in [-0.2, 0) is 15.9 Å². The van der Waals surface area contributed by atoms with Crippen molar-refractivity contribution in [1.82, 2.24) is 15.3 Å². The molecule has 1 saturated heterocycles. The molecule has 0 radical (unpaired) electrons. The smallest absolute Gasteiger partial charge is 0.0662 e. The van der Waals surface area contributed by atoms with Crippen molar-refractivity contribution in [3.8, 4) is 0 Å². The van der Waals surface area contributed by atoms with E-state index in [2.05, 4.69) is 22.2 Å². The van der Waals surface area contributed by atoms with Gasteiger partial charge in [0.15, 0.2) is 0 Å². The highest BCUT2D eigenvalue weighted by Crippen LogP contribution is 2.50. The van der Waals surface area contributed by atoms with Crippen molar-refractivity contribution >= 4 is 0 Å². The highest BCUT2D eigenvalue weighted by atomic mass is 16.5. The zero-order chi connectivity index (χ0) is 15.4. The highest BCUT2D eigenvalue weighted by molar-refractivity contribution is 5.09. The van der Waals surface area contributed by atoms with Crippen LogP contribution in [-0.4, -0.2) is 48.5 Å². The fourth-order valence-electron chi connectivity index (χ4n) is 3.90. The normalized spacial score (nSPS) is 26.8. The molecule has 2 unspecified atom stereocenters. The second-order valence-corrected chi connectivity index (χ2v) is 6.43. The largest absolute Gasteiger partial charge is 0.381 e. The third kappa shape index (κ3) is 3.16. The quantitative estimate of drug-likeness (QED) is 0.870. The van der Waals surface area contributed by atoms with Crippen LogP contribution in [0.5, 0.6) is 0 Å². The molecule has 1 aliphatic carbocycles. The number of hydrogen-bond acceptors (Lipinski definition) is 5. The maximum atomic E-state index is 5.96. The molecular formula is C17H27N3O2. The van der Waals surface area contributed by atoms with E-state index < -0.39 is 0 Å². The maximum absolute atomic E-state index is 5.96. The van der Waals surface area contributed by atoms with Crippen molar-refractivity contribution in [2.75, 3.05) is 26.4 Å². The topological polar surface area (TPSA) is 56.3 Å². The van der Waals surface area contributed by atoms with E-state index >= 15 is 0 Å². The summed E-state index contributed by atoms with van der Waals surface area (Å²) in [4.78, 5) is 8.72. The molecule has 0 bridgehead atoms. The van der Waals surface area contributed by atoms with Crippen molar-refractivity contribution in [3.05, 3.63) is 23.8 Å². The molecule has 1 aromatic heterocycles. The second kappa shape index (κ2) is 7.02. The number of aromatic nitrogens is 2. The van der Waals surface area contributed by atoms with E-state index in [1.54, 1.807) is 6.20 Å². The lowest BCUT2D eigenvalue weighted by molar-refractivity contribution is -0.172. The van der Waals surface area contributed by atoms with Crippen molar-refractivity contribution < 1.29 is 9.47 Å². The third-order valence-corrected chi connectivity index (χ3v) is 5.15. The Labute approximate surface area is 132 Å². The summed E-state index contributed by atoms with van der Waals surface area (Å²) in [5, 5.41) is 3.73. The lowest BCUT2D eigenvalue weighted by Gasteiger charge is -2.57. The van der Waals surface area contributed by atoms with Gasteiger partial charge in [0.05, 0.1) is 17.5 Å². The Hall–Kier alpha value is -1.04. The predicted octanol–water partition coefficient (Wildman–Crippen LogP) is 1.89. The van der Waals surface area contributed by atoms with Gasteiger partial charge in [0.1, 0.15) is 0 Å². The first-order valence-electron chi connectivity index (χ1n) is 8.45. The lowest BCUT2D eigenvalue weighted by Crippen LogP contribution is -2.65. The molecule has 1 aromatic rings. The summed E-state index contributed by atoms with van der Waals surface area (Å²) in [7, 11) is 0. The van der Waals surface area contributed by atoms with Crippen LogP contribution in [0.25, 0.3) is 0 Å². The molecule has 1 spiro atoms. The molecule has 2 aliphatic rings. The first-order chi connectivity index (χ1) is 10.7. The van der Waals surface area contributed by atoms with Crippen molar-refractivity contribution in [1.29, 1.82) is 0 Å². The molecule has 0 amide bonds. The van der Waals surface area contributed by atoms with E-state index in [0.717, 1.165) is 63.4 Å². The summed E-state index contributed by atoms with van der Waals surface area (Å²) >= 11 is 0. The first kappa shape index (κ1) is 15.8. The van der Waals surface area contributed by atoms with E-state index in [1.165, 1.54) is 0 Å². The van der Waals surface area contributed by atoms with E-state index in [4.69, 9.17) is 9.47 Å². The molecule has 22 heavy (non-hydrogen) atoms. The monoisotopic (exact) mass is 305 g/mol. The average molecular weight is 305 g/mol. The molecule has 1 saturated carbocycles. The van der Waals surface area contributed by atoms with Gasteiger partial charge in [-0.3, -0.25) is 9.97 Å². The van der Waals surface area contributed by atoms with Crippen LogP contribution in [0.3, 0.4) is 0 Å². The molecule has 2 atom stereocenters. The predicted molar refractivity (Wildman–Crippen MR) is 84.8 cm³/mol. The molecule has 2 heterocycles. The zero-order valence-electron chi connectivity index (χ0n) is 13.7. The van der Waals surface area contributed by atoms with Gasteiger partial charge in [-0.2, -0.15) is 0 Å². The Morgan fingerprint density at radius 1 is 1.36 bits per heavy atom. The lowest BCUT2D eigenvalue weighted by atomic mass is 9.57. The number of nitrogens with one attached hydrogen (secondary N) is 1. The summed E-state index contributed by atoms with van der Waals surface area (Å²) in [5.41, 5.74) is 2.33. The van der Waals surface area contributed by atoms with E-state index in [1.807, 2.05) is 13.1 Å². The molecule has 3 rings (SSSR count). The number of ether oxygens (including phenoxy) is 2. The molecular weight excluding hydrogens is 278 g/mol. The SMILES string of the molecule is CCOC1CC(NCCc2cncc(C)n2)C12CCOCC2. The zero-order valence-corrected chi connectivity index (χ0v) is 13.7. The fraction of sp³-hybridized carbons (Fsp3) is 0.765. The highest BCUT2D eigenvalue weighted by Gasteiger charge is 2.55. The van der Waals surface area contributed by atoms with Crippen LogP contribution in [0.4, 0.5) is 0 Å². The van der Waals surface area contributed by atoms with E-state index in [9.17, 15) is 0 Å². The van der Waals surface area contributed by atoms with Gasteiger partial charge in [0.25, 0.3) is 0 Å². The number of aryl methyl sites for hydroxylation is 1. The van der Waals surface area contributed by atoms with Gasteiger partial charge >= 0.3 is 0 Å². The molecule has 5 nitrogen and oxygen atoms in total. The van der Waals surface area contributed by atoms with E-state index in [0.29, 0.717) is 12.1 Å². The number of rotatable bonds is 6. The van der Waals surface area contributed by atoms with Gasteiger partial charge in [-0.15, -0.1) is 0 Å². The maximum Gasteiger partial charge on any atom is 0.0662 e. The minimum atomic E-state index is 0.284. The average Bonchev–Trinajstić information content (AvgIpc) is 2.54. The number of nitrogens with zero attached hydrogens (tertiary/aromatic N) is 2. The van der Waals surface area contributed by atoms with Crippen LogP contribution in [0.15, 0.2) is 12.4 Å². The Bertz CT molecular complexity index is 489. The molecule has 0 aromatic carbocycles. The summed E-state index contributed by atoms with van der Waals surface area (Å²) in [6.07, 6.45) is 8.33. The fourth-order valence-corrected chi connectivity index (χ4v) is 3.90. The van der Waals surface area contributed by atoms with Gasteiger partial charge in [-0.25, -0.2) is 0 Å². The third-order valence-electron chi connectivity index (χ3n) is 5.15. The first-order valence-corrected chi connectivity index (χ1v) is 8.45. The van der Waals surface area contributed by atoms with Crippen molar-refractivity contribution in [2.24, 2.45) is 5.41 Å². The van der Waals surface area contributed by atoms with Crippen LogP contribution in [0.1, 0.15) is 37.6 Å².